The van der Waals surface area contributed by atoms with E-state index in [2.05, 4.69) is 21.2 Å². The van der Waals surface area contributed by atoms with Gasteiger partial charge in [0, 0.05) is 22.0 Å². The van der Waals surface area contributed by atoms with E-state index in [0.717, 1.165) is 6.54 Å². The Morgan fingerprint density at radius 1 is 1.28 bits per heavy atom. The molecule has 0 radical (unpaired) electrons. The lowest BCUT2D eigenvalue weighted by atomic mass is 9.89. The maximum Gasteiger partial charge on any atom is 0.251 e. The molecular weight excluding hydrogens is 314 g/mol. The normalized spacial score (nSPS) is 23.7. The number of hydrogen-bond donors (Lipinski definition) is 1. The van der Waals surface area contributed by atoms with Gasteiger partial charge in [-0.2, -0.15) is 0 Å². The number of rotatable bonds is 3. The lowest BCUT2D eigenvalue weighted by molar-refractivity contribution is 0.0944. The van der Waals surface area contributed by atoms with Crippen molar-refractivity contribution in [3.63, 3.8) is 0 Å². The molecule has 0 spiro atoms. The number of nitrogens with one attached hydrogen (secondary N) is 1. The molecule has 2 nitrogen and oxygen atoms in total. The number of carbonyl (C=O) groups excluding carboxylic acids is 1. The van der Waals surface area contributed by atoms with Gasteiger partial charge in [0.1, 0.15) is 0 Å². The minimum absolute atomic E-state index is 0.0167. The van der Waals surface area contributed by atoms with E-state index in [-0.39, 0.29) is 5.91 Å². The summed E-state index contributed by atoms with van der Waals surface area (Å²) < 4.78 is 0. The highest BCUT2D eigenvalue weighted by atomic mass is 79.9. The van der Waals surface area contributed by atoms with Crippen LogP contribution in [-0.4, -0.2) is 17.3 Å². The summed E-state index contributed by atoms with van der Waals surface area (Å²) in [4.78, 5) is 12.5. The van der Waals surface area contributed by atoms with Gasteiger partial charge in [-0.1, -0.05) is 40.4 Å². The molecule has 0 heterocycles. The Hall–Kier alpha value is -0.540. The molecule has 18 heavy (non-hydrogen) atoms. The summed E-state index contributed by atoms with van der Waals surface area (Å²) in [5, 5.41) is 3.66. The SMILES string of the molecule is O=C(NCC1CCCCC1Br)c1ccc(Cl)cc1. The zero-order valence-electron chi connectivity index (χ0n) is 10.2. The Balaban J connectivity index is 1.86. The van der Waals surface area contributed by atoms with E-state index in [0.29, 0.717) is 21.3 Å². The summed E-state index contributed by atoms with van der Waals surface area (Å²) in [7, 11) is 0. The second kappa shape index (κ2) is 6.58. The average Bonchev–Trinajstić information content (AvgIpc) is 2.38. The summed E-state index contributed by atoms with van der Waals surface area (Å²) in [6.45, 7) is 0.747. The maximum absolute atomic E-state index is 11.9. The predicted molar refractivity (Wildman–Crippen MR) is 78.5 cm³/mol. The van der Waals surface area contributed by atoms with Crippen molar-refractivity contribution in [3.8, 4) is 0 Å². The zero-order valence-corrected chi connectivity index (χ0v) is 12.5. The molecule has 1 aliphatic rings. The molecule has 1 aromatic rings. The van der Waals surface area contributed by atoms with Crippen molar-refractivity contribution in [2.24, 2.45) is 5.92 Å². The topological polar surface area (TPSA) is 29.1 Å². The number of amides is 1. The second-order valence-electron chi connectivity index (χ2n) is 4.78. The van der Waals surface area contributed by atoms with Crippen molar-refractivity contribution in [1.29, 1.82) is 0 Å². The molecule has 2 atom stereocenters. The van der Waals surface area contributed by atoms with E-state index in [1.54, 1.807) is 24.3 Å². The molecule has 98 valence electrons. The third kappa shape index (κ3) is 3.72. The molecule has 1 saturated carbocycles. The van der Waals surface area contributed by atoms with Gasteiger partial charge in [-0.25, -0.2) is 0 Å². The number of carbonyl (C=O) groups is 1. The van der Waals surface area contributed by atoms with Crippen molar-refractivity contribution in [2.75, 3.05) is 6.54 Å². The third-order valence-electron chi connectivity index (χ3n) is 3.45. The molecule has 0 aliphatic heterocycles. The van der Waals surface area contributed by atoms with E-state index in [1.807, 2.05) is 0 Å². The number of alkyl halides is 1. The summed E-state index contributed by atoms with van der Waals surface area (Å²) in [6, 6.07) is 6.99. The summed E-state index contributed by atoms with van der Waals surface area (Å²) in [5.41, 5.74) is 0.668. The van der Waals surface area contributed by atoms with E-state index in [9.17, 15) is 4.79 Å². The Morgan fingerprint density at radius 2 is 1.94 bits per heavy atom. The van der Waals surface area contributed by atoms with E-state index >= 15 is 0 Å². The van der Waals surface area contributed by atoms with Gasteiger partial charge in [0.15, 0.2) is 0 Å². The van der Waals surface area contributed by atoms with Crippen LogP contribution in [0.2, 0.25) is 5.02 Å². The minimum Gasteiger partial charge on any atom is -0.352 e. The number of hydrogen-bond acceptors (Lipinski definition) is 1. The molecule has 2 rings (SSSR count). The molecule has 2 unspecified atom stereocenters. The van der Waals surface area contributed by atoms with E-state index in [4.69, 9.17) is 11.6 Å². The van der Waals surface area contributed by atoms with E-state index < -0.39 is 0 Å². The van der Waals surface area contributed by atoms with Gasteiger partial charge < -0.3 is 5.32 Å². The first kappa shape index (κ1) is 13.9. The Kier molecular flexibility index (Phi) is 5.07. The molecule has 0 saturated heterocycles. The fraction of sp³-hybridized carbons (Fsp3) is 0.500. The highest BCUT2D eigenvalue weighted by Gasteiger charge is 2.23. The number of halogens is 2. The van der Waals surface area contributed by atoms with Gasteiger partial charge in [0.25, 0.3) is 5.91 Å². The van der Waals surface area contributed by atoms with Gasteiger partial charge in [-0.3, -0.25) is 4.79 Å². The van der Waals surface area contributed by atoms with Gasteiger partial charge >= 0.3 is 0 Å². The second-order valence-corrected chi connectivity index (χ2v) is 6.39. The van der Waals surface area contributed by atoms with Crippen LogP contribution in [0.15, 0.2) is 24.3 Å². The van der Waals surface area contributed by atoms with E-state index in [1.165, 1.54) is 25.7 Å². The van der Waals surface area contributed by atoms with Crippen molar-refractivity contribution in [1.82, 2.24) is 5.32 Å². The molecular formula is C14H17BrClNO. The lowest BCUT2D eigenvalue weighted by Crippen LogP contribution is -2.34. The van der Waals surface area contributed by atoms with Crippen molar-refractivity contribution >= 4 is 33.4 Å². The van der Waals surface area contributed by atoms with Crippen LogP contribution in [0.25, 0.3) is 0 Å². The van der Waals surface area contributed by atoms with Crippen LogP contribution in [0.1, 0.15) is 36.0 Å². The van der Waals surface area contributed by atoms with Gasteiger partial charge in [-0.15, -0.1) is 0 Å². The van der Waals surface area contributed by atoms with Crippen LogP contribution >= 0.6 is 27.5 Å². The van der Waals surface area contributed by atoms with Crippen LogP contribution in [0.5, 0.6) is 0 Å². The van der Waals surface area contributed by atoms with Gasteiger partial charge in [-0.05, 0) is 43.0 Å². The fourth-order valence-electron chi connectivity index (χ4n) is 2.32. The first-order valence-corrected chi connectivity index (χ1v) is 7.64. The Labute approximate surface area is 121 Å². The maximum atomic E-state index is 11.9. The first-order valence-electron chi connectivity index (χ1n) is 6.34. The molecule has 1 aromatic carbocycles. The van der Waals surface area contributed by atoms with Crippen molar-refractivity contribution in [3.05, 3.63) is 34.9 Å². The van der Waals surface area contributed by atoms with Gasteiger partial charge in [0.05, 0.1) is 0 Å². The third-order valence-corrected chi connectivity index (χ3v) is 4.91. The van der Waals surface area contributed by atoms with Crippen LogP contribution in [0, 0.1) is 5.92 Å². The smallest absolute Gasteiger partial charge is 0.251 e. The Morgan fingerprint density at radius 3 is 2.61 bits per heavy atom. The van der Waals surface area contributed by atoms with Crippen LogP contribution < -0.4 is 5.32 Å². The van der Waals surface area contributed by atoms with Crippen LogP contribution in [-0.2, 0) is 0 Å². The molecule has 1 amide bonds. The number of benzene rings is 1. The van der Waals surface area contributed by atoms with Crippen molar-refractivity contribution in [2.45, 2.75) is 30.5 Å². The standard InChI is InChI=1S/C14H17BrClNO/c15-13-4-2-1-3-11(13)9-17-14(18)10-5-7-12(16)8-6-10/h5-8,11,13H,1-4,9H2,(H,17,18). The monoisotopic (exact) mass is 329 g/mol. The highest BCUT2D eigenvalue weighted by Crippen LogP contribution is 2.29. The molecule has 1 aliphatic carbocycles. The van der Waals surface area contributed by atoms with Gasteiger partial charge in [0.2, 0.25) is 0 Å². The highest BCUT2D eigenvalue weighted by molar-refractivity contribution is 9.09. The zero-order chi connectivity index (χ0) is 13.0. The van der Waals surface area contributed by atoms with Crippen LogP contribution in [0.3, 0.4) is 0 Å². The quantitative estimate of drug-likeness (QED) is 0.833. The fourth-order valence-corrected chi connectivity index (χ4v) is 3.22. The largest absolute Gasteiger partial charge is 0.352 e. The minimum atomic E-state index is -0.0167. The summed E-state index contributed by atoms with van der Waals surface area (Å²) in [6.07, 6.45) is 4.96. The average molecular weight is 331 g/mol. The first-order chi connectivity index (χ1) is 8.66. The predicted octanol–water partition coefficient (Wildman–Crippen LogP) is 4.02. The molecule has 4 heteroatoms. The summed E-state index contributed by atoms with van der Waals surface area (Å²) >= 11 is 9.50. The Bertz CT molecular complexity index is 407. The summed E-state index contributed by atoms with van der Waals surface area (Å²) in [5.74, 6) is 0.534. The molecule has 0 aromatic heterocycles. The molecule has 1 N–H and O–H groups in total. The lowest BCUT2D eigenvalue weighted by Gasteiger charge is -2.27. The van der Waals surface area contributed by atoms with Crippen LogP contribution in [0.4, 0.5) is 0 Å². The molecule has 1 fully saturated rings. The van der Waals surface area contributed by atoms with Crippen molar-refractivity contribution < 1.29 is 4.79 Å². The molecule has 0 bridgehead atoms.